The molecule has 12 heteroatoms. The van der Waals surface area contributed by atoms with Gasteiger partial charge in [0.15, 0.2) is 6.10 Å². The number of hydrogen-bond donors (Lipinski definition) is 2. The Hall–Kier alpha value is -3.67. The van der Waals surface area contributed by atoms with Crippen LogP contribution < -0.4 is 10.1 Å². The quantitative estimate of drug-likeness (QED) is 0.355. The van der Waals surface area contributed by atoms with E-state index < -0.39 is 40.7 Å². The van der Waals surface area contributed by atoms with Crippen LogP contribution in [-0.4, -0.2) is 42.2 Å². The fourth-order valence-electron chi connectivity index (χ4n) is 2.85. The zero-order valence-corrected chi connectivity index (χ0v) is 16.9. The minimum absolute atomic E-state index is 0.132. The van der Waals surface area contributed by atoms with Crippen molar-refractivity contribution >= 4 is 17.6 Å². The summed E-state index contributed by atoms with van der Waals surface area (Å²) in [6.07, 6.45) is -6.74. The largest absolute Gasteiger partial charge is 0.496 e. The Kier molecular flexibility index (Phi) is 7.76. The summed E-state index contributed by atoms with van der Waals surface area (Å²) in [7, 11) is 2.36. The predicted molar refractivity (Wildman–Crippen MR) is 104 cm³/mol. The van der Waals surface area contributed by atoms with Gasteiger partial charge in [0.25, 0.3) is 11.6 Å². The van der Waals surface area contributed by atoms with Crippen LogP contribution in [0.15, 0.2) is 42.5 Å². The number of nitrogens with one attached hydrogen (secondary N) is 1. The number of alkyl halides is 3. The SMILES string of the molecule is COC(=O)[C@@H](Cc1cc([N+](=O)[O-])ccc1OC)NC(=O)[C@@H](O)c1ccc(C(F)(F)F)cc1. The van der Waals surface area contributed by atoms with Gasteiger partial charge in [0, 0.05) is 24.1 Å². The molecule has 0 heterocycles. The van der Waals surface area contributed by atoms with E-state index in [0.717, 1.165) is 25.3 Å². The highest BCUT2D eigenvalue weighted by atomic mass is 19.4. The van der Waals surface area contributed by atoms with Crippen LogP contribution >= 0.6 is 0 Å². The summed E-state index contributed by atoms with van der Waals surface area (Å²) in [5.41, 5.74) is -1.16. The molecule has 0 aromatic heterocycles. The minimum Gasteiger partial charge on any atom is -0.496 e. The molecule has 0 unspecified atom stereocenters. The van der Waals surface area contributed by atoms with Gasteiger partial charge in [-0.3, -0.25) is 14.9 Å². The highest BCUT2D eigenvalue weighted by Gasteiger charge is 2.31. The first kappa shape index (κ1) is 24.6. The molecule has 0 saturated carbocycles. The number of aliphatic hydroxyl groups is 1. The van der Waals surface area contributed by atoms with Gasteiger partial charge in [-0.1, -0.05) is 12.1 Å². The summed E-state index contributed by atoms with van der Waals surface area (Å²) in [4.78, 5) is 35.0. The second-order valence-electron chi connectivity index (χ2n) is 6.56. The molecule has 9 nitrogen and oxygen atoms in total. The topological polar surface area (TPSA) is 128 Å². The second-order valence-corrected chi connectivity index (χ2v) is 6.56. The minimum atomic E-state index is -4.58. The van der Waals surface area contributed by atoms with Crippen molar-refractivity contribution in [3.63, 3.8) is 0 Å². The van der Waals surface area contributed by atoms with Crippen molar-refractivity contribution in [3.05, 3.63) is 69.3 Å². The summed E-state index contributed by atoms with van der Waals surface area (Å²) in [6.45, 7) is 0. The third-order valence-corrected chi connectivity index (χ3v) is 4.50. The maximum atomic E-state index is 12.7. The number of nitro groups is 1. The fourth-order valence-corrected chi connectivity index (χ4v) is 2.85. The molecule has 32 heavy (non-hydrogen) atoms. The van der Waals surface area contributed by atoms with E-state index in [1.807, 2.05) is 0 Å². The molecule has 2 rings (SSSR count). The highest BCUT2D eigenvalue weighted by molar-refractivity contribution is 5.87. The Balaban J connectivity index is 2.24. The van der Waals surface area contributed by atoms with Crippen molar-refractivity contribution in [2.24, 2.45) is 0 Å². The molecule has 0 aliphatic heterocycles. The number of halogens is 3. The maximum Gasteiger partial charge on any atom is 0.416 e. The third-order valence-electron chi connectivity index (χ3n) is 4.50. The molecule has 0 saturated heterocycles. The first-order valence-electron chi connectivity index (χ1n) is 9.02. The average Bonchev–Trinajstić information content (AvgIpc) is 2.76. The van der Waals surface area contributed by atoms with Crippen molar-refractivity contribution in [2.75, 3.05) is 14.2 Å². The molecule has 1 amide bonds. The lowest BCUT2D eigenvalue weighted by atomic mass is 10.0. The molecule has 2 aromatic rings. The van der Waals surface area contributed by atoms with Gasteiger partial charge < -0.3 is 19.9 Å². The Bertz CT molecular complexity index is 994. The van der Waals surface area contributed by atoms with E-state index in [9.17, 15) is 38.0 Å². The van der Waals surface area contributed by atoms with Gasteiger partial charge in [-0.25, -0.2) is 4.79 Å². The van der Waals surface area contributed by atoms with Gasteiger partial charge >= 0.3 is 12.1 Å². The van der Waals surface area contributed by atoms with E-state index in [1.165, 1.54) is 19.2 Å². The molecule has 0 fully saturated rings. The number of carbonyl (C=O) groups is 2. The molecule has 0 radical (unpaired) electrons. The summed E-state index contributed by atoms with van der Waals surface area (Å²) >= 11 is 0. The molecule has 0 aliphatic carbocycles. The van der Waals surface area contributed by atoms with Crippen LogP contribution in [0.3, 0.4) is 0 Å². The summed E-state index contributed by atoms with van der Waals surface area (Å²) in [6, 6.07) is 5.59. The molecule has 2 N–H and O–H groups in total. The van der Waals surface area contributed by atoms with Crippen LogP contribution in [0.25, 0.3) is 0 Å². The van der Waals surface area contributed by atoms with Gasteiger partial charge in [-0.05, 0) is 23.8 Å². The number of amides is 1. The monoisotopic (exact) mass is 456 g/mol. The number of non-ortho nitro benzene ring substituents is 1. The van der Waals surface area contributed by atoms with Crippen LogP contribution in [0.1, 0.15) is 22.8 Å². The Morgan fingerprint density at radius 2 is 1.78 bits per heavy atom. The zero-order chi connectivity index (χ0) is 24.1. The van der Waals surface area contributed by atoms with E-state index >= 15 is 0 Å². The number of benzene rings is 2. The van der Waals surface area contributed by atoms with E-state index in [0.29, 0.717) is 12.1 Å². The summed E-state index contributed by atoms with van der Waals surface area (Å²) < 4.78 is 47.8. The number of nitrogens with zero attached hydrogens (tertiary/aromatic N) is 1. The first-order chi connectivity index (χ1) is 15.0. The van der Waals surface area contributed by atoms with Gasteiger partial charge in [-0.15, -0.1) is 0 Å². The first-order valence-corrected chi connectivity index (χ1v) is 9.02. The van der Waals surface area contributed by atoms with Gasteiger partial charge in [0.1, 0.15) is 11.8 Å². The van der Waals surface area contributed by atoms with Crippen molar-refractivity contribution in [1.29, 1.82) is 0 Å². The molecule has 2 aromatic carbocycles. The van der Waals surface area contributed by atoms with Crippen molar-refractivity contribution in [2.45, 2.75) is 24.7 Å². The van der Waals surface area contributed by atoms with E-state index in [-0.39, 0.29) is 29.0 Å². The number of methoxy groups -OCH3 is 2. The lowest BCUT2D eigenvalue weighted by Crippen LogP contribution is -2.45. The number of nitro benzene ring substituents is 1. The number of esters is 1. The zero-order valence-electron chi connectivity index (χ0n) is 16.9. The number of hydrogen-bond acceptors (Lipinski definition) is 7. The second kappa shape index (κ2) is 10.1. The van der Waals surface area contributed by atoms with Crippen LogP contribution in [0, 0.1) is 10.1 Å². The fraction of sp³-hybridized carbons (Fsp3) is 0.300. The number of rotatable bonds is 8. The van der Waals surface area contributed by atoms with Crippen LogP contribution in [0.4, 0.5) is 18.9 Å². The number of carbonyl (C=O) groups excluding carboxylic acids is 2. The van der Waals surface area contributed by atoms with E-state index in [2.05, 4.69) is 10.1 Å². The van der Waals surface area contributed by atoms with E-state index in [1.54, 1.807) is 0 Å². The van der Waals surface area contributed by atoms with Gasteiger partial charge in [-0.2, -0.15) is 13.2 Å². The lowest BCUT2D eigenvalue weighted by molar-refractivity contribution is -0.384. The average molecular weight is 456 g/mol. The van der Waals surface area contributed by atoms with Gasteiger partial charge in [0.2, 0.25) is 0 Å². The number of aliphatic hydroxyl groups excluding tert-OH is 1. The molecule has 0 aliphatic rings. The maximum absolute atomic E-state index is 12.7. The summed E-state index contributed by atoms with van der Waals surface area (Å²) in [5.74, 6) is -1.78. The standard InChI is InChI=1S/C20H19F3N2O7/c1-31-16-8-7-14(25(29)30)9-12(16)10-15(19(28)32-2)24-18(27)17(26)11-3-5-13(6-4-11)20(21,22)23/h3-9,15,17,26H,10H2,1-2H3,(H,24,27)/t15-,17+/m1/s1. The molecular formula is C20H19F3N2O7. The van der Waals surface area contributed by atoms with Crippen LogP contribution in [0.5, 0.6) is 5.75 Å². The Morgan fingerprint density at radius 1 is 1.16 bits per heavy atom. The smallest absolute Gasteiger partial charge is 0.416 e. The van der Waals surface area contributed by atoms with E-state index in [4.69, 9.17) is 4.74 Å². The molecule has 172 valence electrons. The van der Waals surface area contributed by atoms with Crippen molar-refractivity contribution < 1.29 is 42.3 Å². The predicted octanol–water partition coefficient (Wildman–Crippen LogP) is 2.56. The highest BCUT2D eigenvalue weighted by Crippen LogP contribution is 2.30. The normalized spacial score (nSPS) is 13.1. The van der Waals surface area contributed by atoms with Crippen LogP contribution in [0.2, 0.25) is 0 Å². The number of ether oxygens (including phenoxy) is 2. The van der Waals surface area contributed by atoms with Crippen LogP contribution in [-0.2, 0) is 26.9 Å². The van der Waals surface area contributed by atoms with Gasteiger partial charge in [0.05, 0.1) is 24.7 Å². The molecule has 2 atom stereocenters. The molecule has 0 spiro atoms. The molecule has 0 bridgehead atoms. The third kappa shape index (κ3) is 5.94. The molecular weight excluding hydrogens is 437 g/mol. The van der Waals surface area contributed by atoms with Crippen molar-refractivity contribution in [1.82, 2.24) is 5.32 Å². The van der Waals surface area contributed by atoms with Crippen molar-refractivity contribution in [3.8, 4) is 5.75 Å². The lowest BCUT2D eigenvalue weighted by Gasteiger charge is -2.20. The summed E-state index contributed by atoms with van der Waals surface area (Å²) in [5, 5.41) is 23.5. The Morgan fingerprint density at radius 3 is 2.28 bits per heavy atom. The Labute approximate surface area is 179 Å².